The molecule has 1 aromatic heterocycles. The average molecular weight is 380 g/mol. The first-order valence-electron chi connectivity index (χ1n) is 8.87. The molecule has 1 aliphatic heterocycles. The molecule has 7 heteroatoms. The van der Waals surface area contributed by atoms with Gasteiger partial charge in [-0.1, -0.05) is 72.4 Å². The largest absolute Gasteiger partial charge is 0.378 e. The van der Waals surface area contributed by atoms with Crippen molar-refractivity contribution in [2.24, 2.45) is 0 Å². The van der Waals surface area contributed by atoms with Crippen LogP contribution in [0.2, 0.25) is 0 Å². The number of H-pyrrole nitrogens is 1. The first kappa shape index (κ1) is 17.8. The second kappa shape index (κ2) is 8.37. The Balaban J connectivity index is 1.58. The van der Waals surface area contributed by atoms with Gasteiger partial charge in [-0.2, -0.15) is 0 Å². The SMILES string of the molecule is O=C([C@H](Sc1n[nH]c(-c2ccccc2)n1)c1ccccc1)N1CCOCC1. The van der Waals surface area contributed by atoms with Crippen molar-refractivity contribution >= 4 is 17.7 Å². The summed E-state index contributed by atoms with van der Waals surface area (Å²) in [5.41, 5.74) is 1.91. The maximum absolute atomic E-state index is 13.2. The first-order chi connectivity index (χ1) is 13.3. The van der Waals surface area contributed by atoms with Gasteiger partial charge >= 0.3 is 0 Å². The fourth-order valence-corrected chi connectivity index (χ4v) is 3.96. The zero-order chi connectivity index (χ0) is 18.5. The van der Waals surface area contributed by atoms with E-state index < -0.39 is 0 Å². The number of thioether (sulfide) groups is 1. The lowest BCUT2D eigenvalue weighted by molar-refractivity contribution is -0.134. The number of benzene rings is 2. The minimum Gasteiger partial charge on any atom is -0.378 e. The average Bonchev–Trinajstić information content (AvgIpc) is 3.22. The molecule has 6 nitrogen and oxygen atoms in total. The van der Waals surface area contributed by atoms with Gasteiger partial charge in [-0.15, -0.1) is 5.10 Å². The zero-order valence-corrected chi connectivity index (χ0v) is 15.6. The summed E-state index contributed by atoms with van der Waals surface area (Å²) in [4.78, 5) is 19.6. The molecule has 2 aromatic carbocycles. The quantitative estimate of drug-likeness (QED) is 0.689. The Bertz CT molecular complexity index is 879. The number of aromatic amines is 1. The number of hydrogen-bond donors (Lipinski definition) is 1. The van der Waals surface area contributed by atoms with Crippen molar-refractivity contribution in [2.75, 3.05) is 26.3 Å². The number of morpholine rings is 1. The van der Waals surface area contributed by atoms with E-state index in [1.165, 1.54) is 11.8 Å². The Morgan fingerprint density at radius 2 is 1.70 bits per heavy atom. The number of carbonyl (C=O) groups is 1. The van der Waals surface area contributed by atoms with Crippen molar-refractivity contribution in [1.29, 1.82) is 0 Å². The van der Waals surface area contributed by atoms with Crippen LogP contribution in [0.5, 0.6) is 0 Å². The van der Waals surface area contributed by atoms with Crippen molar-refractivity contribution in [3.05, 3.63) is 66.2 Å². The predicted octanol–water partition coefficient (Wildman–Crippen LogP) is 3.16. The Kier molecular flexibility index (Phi) is 5.50. The molecule has 0 spiro atoms. The second-order valence-corrected chi connectivity index (χ2v) is 7.25. The van der Waals surface area contributed by atoms with Crippen LogP contribution < -0.4 is 0 Å². The molecule has 2 heterocycles. The molecular formula is C20H20N4O2S. The third kappa shape index (κ3) is 4.20. The lowest BCUT2D eigenvalue weighted by atomic mass is 10.1. The molecule has 1 atom stereocenters. The van der Waals surface area contributed by atoms with Crippen LogP contribution >= 0.6 is 11.8 Å². The van der Waals surface area contributed by atoms with E-state index >= 15 is 0 Å². The monoisotopic (exact) mass is 380 g/mol. The molecule has 0 radical (unpaired) electrons. The van der Waals surface area contributed by atoms with E-state index in [1.54, 1.807) is 0 Å². The summed E-state index contributed by atoms with van der Waals surface area (Å²) < 4.78 is 5.38. The van der Waals surface area contributed by atoms with Gasteiger partial charge in [-0.3, -0.25) is 9.89 Å². The molecule has 138 valence electrons. The van der Waals surface area contributed by atoms with Gasteiger partial charge < -0.3 is 9.64 Å². The van der Waals surface area contributed by atoms with Crippen LogP contribution in [0.4, 0.5) is 0 Å². The number of nitrogens with zero attached hydrogens (tertiary/aromatic N) is 3. The molecule has 0 unspecified atom stereocenters. The highest BCUT2D eigenvalue weighted by Crippen LogP contribution is 2.35. The standard InChI is InChI=1S/C20H20N4O2S/c25-19(24-11-13-26-14-12-24)17(15-7-3-1-4-8-15)27-20-21-18(22-23-20)16-9-5-2-6-10-16/h1-10,17H,11-14H2,(H,21,22,23)/t17-/m1/s1. The van der Waals surface area contributed by atoms with Crippen LogP contribution in [-0.2, 0) is 9.53 Å². The van der Waals surface area contributed by atoms with E-state index in [9.17, 15) is 4.79 Å². The predicted molar refractivity (Wildman–Crippen MR) is 104 cm³/mol. The molecule has 0 saturated carbocycles. The number of aromatic nitrogens is 3. The third-order valence-corrected chi connectivity index (χ3v) is 5.49. The summed E-state index contributed by atoms with van der Waals surface area (Å²) in [5, 5.41) is 7.46. The summed E-state index contributed by atoms with van der Waals surface area (Å²) in [5.74, 6) is 0.768. The van der Waals surface area contributed by atoms with Gasteiger partial charge in [0.15, 0.2) is 5.82 Å². The van der Waals surface area contributed by atoms with Crippen molar-refractivity contribution in [3.63, 3.8) is 0 Å². The third-order valence-electron chi connectivity index (χ3n) is 4.38. The Morgan fingerprint density at radius 3 is 2.41 bits per heavy atom. The van der Waals surface area contributed by atoms with Gasteiger partial charge in [0.25, 0.3) is 0 Å². The lowest BCUT2D eigenvalue weighted by Gasteiger charge is -2.30. The number of carbonyl (C=O) groups excluding carboxylic acids is 1. The molecule has 1 amide bonds. The van der Waals surface area contributed by atoms with E-state index in [2.05, 4.69) is 15.2 Å². The first-order valence-corrected chi connectivity index (χ1v) is 9.75. The normalized spacial score (nSPS) is 15.5. The second-order valence-electron chi connectivity index (χ2n) is 6.18. The molecular weight excluding hydrogens is 360 g/mol. The molecule has 1 saturated heterocycles. The number of ether oxygens (including phenoxy) is 1. The van der Waals surface area contributed by atoms with Crippen molar-refractivity contribution < 1.29 is 9.53 Å². The number of amides is 1. The highest BCUT2D eigenvalue weighted by molar-refractivity contribution is 8.00. The fraction of sp³-hybridized carbons (Fsp3) is 0.250. The van der Waals surface area contributed by atoms with Crippen molar-refractivity contribution in [3.8, 4) is 11.4 Å². The van der Waals surface area contributed by atoms with Crippen LogP contribution in [0.1, 0.15) is 10.8 Å². The Hall–Kier alpha value is -2.64. The summed E-state index contributed by atoms with van der Waals surface area (Å²) in [6, 6.07) is 19.6. The van der Waals surface area contributed by atoms with Crippen LogP contribution in [0, 0.1) is 0 Å². The van der Waals surface area contributed by atoms with E-state index in [4.69, 9.17) is 4.74 Å². The van der Waals surface area contributed by atoms with Crippen LogP contribution in [-0.4, -0.2) is 52.3 Å². The van der Waals surface area contributed by atoms with Crippen LogP contribution in [0.3, 0.4) is 0 Å². The van der Waals surface area contributed by atoms with E-state index in [-0.39, 0.29) is 11.2 Å². The maximum Gasteiger partial charge on any atom is 0.240 e. The van der Waals surface area contributed by atoms with Crippen molar-refractivity contribution in [1.82, 2.24) is 20.1 Å². The molecule has 3 aromatic rings. The van der Waals surface area contributed by atoms with Crippen molar-refractivity contribution in [2.45, 2.75) is 10.4 Å². The Labute approximate surface area is 162 Å². The minimum atomic E-state index is -0.385. The molecule has 1 aliphatic rings. The fourth-order valence-electron chi connectivity index (χ4n) is 2.97. The molecule has 1 fully saturated rings. The molecule has 4 rings (SSSR count). The number of nitrogens with one attached hydrogen (secondary N) is 1. The summed E-state index contributed by atoms with van der Waals surface area (Å²) >= 11 is 1.37. The summed E-state index contributed by atoms with van der Waals surface area (Å²) in [7, 11) is 0. The van der Waals surface area contributed by atoms with Gasteiger partial charge in [0.2, 0.25) is 11.1 Å². The van der Waals surface area contributed by atoms with Gasteiger partial charge in [0.05, 0.1) is 13.2 Å². The zero-order valence-electron chi connectivity index (χ0n) is 14.7. The van der Waals surface area contributed by atoms with Gasteiger partial charge in [0, 0.05) is 18.7 Å². The molecule has 1 N–H and O–H groups in total. The van der Waals surface area contributed by atoms with E-state index in [0.29, 0.717) is 37.3 Å². The topological polar surface area (TPSA) is 71.1 Å². The summed E-state index contributed by atoms with van der Waals surface area (Å²) in [6.07, 6.45) is 0. The summed E-state index contributed by atoms with van der Waals surface area (Å²) in [6.45, 7) is 2.39. The van der Waals surface area contributed by atoms with Crippen LogP contribution in [0.25, 0.3) is 11.4 Å². The highest BCUT2D eigenvalue weighted by Gasteiger charge is 2.29. The molecule has 0 bridgehead atoms. The van der Waals surface area contributed by atoms with Gasteiger partial charge in [0.1, 0.15) is 5.25 Å². The van der Waals surface area contributed by atoms with Gasteiger partial charge in [-0.05, 0) is 5.56 Å². The number of hydrogen-bond acceptors (Lipinski definition) is 5. The minimum absolute atomic E-state index is 0.0700. The van der Waals surface area contributed by atoms with Gasteiger partial charge in [-0.25, -0.2) is 4.98 Å². The number of rotatable bonds is 5. The highest BCUT2D eigenvalue weighted by atomic mass is 32.2. The van der Waals surface area contributed by atoms with Crippen LogP contribution in [0.15, 0.2) is 65.8 Å². The maximum atomic E-state index is 13.2. The molecule has 27 heavy (non-hydrogen) atoms. The Morgan fingerprint density at radius 1 is 1.04 bits per heavy atom. The van der Waals surface area contributed by atoms with E-state index in [1.807, 2.05) is 65.6 Å². The molecule has 0 aliphatic carbocycles. The van der Waals surface area contributed by atoms with E-state index in [0.717, 1.165) is 11.1 Å². The smallest absolute Gasteiger partial charge is 0.240 e. The lowest BCUT2D eigenvalue weighted by Crippen LogP contribution is -2.42.